The summed E-state index contributed by atoms with van der Waals surface area (Å²) in [5, 5.41) is 0. The molecule has 0 aromatic carbocycles. The average Bonchev–Trinajstić information content (AvgIpc) is 2.55. The molecule has 1 saturated carbocycles. The van der Waals surface area contributed by atoms with Gasteiger partial charge in [0, 0.05) is 12.3 Å². The summed E-state index contributed by atoms with van der Waals surface area (Å²) in [6.45, 7) is 8.06. The van der Waals surface area contributed by atoms with Gasteiger partial charge in [-0.1, -0.05) is 18.6 Å². The maximum absolute atomic E-state index is 12.2. The Labute approximate surface area is 114 Å². The molecule has 0 aromatic heterocycles. The number of allylic oxidation sites excluding steroid dienone is 2. The first-order chi connectivity index (χ1) is 8.75. The second-order valence-electron chi connectivity index (χ2n) is 6.35. The van der Waals surface area contributed by atoms with Crippen LogP contribution in [0.5, 0.6) is 0 Å². The summed E-state index contributed by atoms with van der Waals surface area (Å²) in [6, 6.07) is 0. The van der Waals surface area contributed by atoms with Crippen LogP contribution in [-0.4, -0.2) is 24.6 Å². The molecule has 0 spiro atoms. The Balaban J connectivity index is 2.44. The Morgan fingerprint density at radius 1 is 1.47 bits per heavy atom. The van der Waals surface area contributed by atoms with Gasteiger partial charge in [-0.25, -0.2) is 0 Å². The minimum atomic E-state index is -1.10. The standard InChI is InChI=1S/C15H22O4/c1-9(2)6-11-7-15(12(16)18-5)8-14(4,10(11)3)19-13(15)17/h6,10-11H,7-8H2,1-5H3/t10-,11-,14-,15-/m1/s1. The number of hydrogen-bond donors (Lipinski definition) is 0. The van der Waals surface area contributed by atoms with Crippen molar-refractivity contribution >= 4 is 11.9 Å². The van der Waals surface area contributed by atoms with E-state index < -0.39 is 23.0 Å². The van der Waals surface area contributed by atoms with Crippen molar-refractivity contribution in [1.82, 2.24) is 0 Å². The van der Waals surface area contributed by atoms with E-state index in [2.05, 4.69) is 13.0 Å². The number of rotatable bonds is 2. The molecule has 4 atom stereocenters. The lowest BCUT2D eigenvalue weighted by atomic mass is 9.61. The fraction of sp³-hybridized carbons (Fsp3) is 0.733. The zero-order valence-electron chi connectivity index (χ0n) is 12.3. The molecule has 0 radical (unpaired) electrons. The number of fused-ring (bicyclic) bond motifs is 2. The molecule has 19 heavy (non-hydrogen) atoms. The third-order valence-electron chi connectivity index (χ3n) is 4.68. The van der Waals surface area contributed by atoms with E-state index in [1.54, 1.807) is 0 Å². The van der Waals surface area contributed by atoms with Crippen molar-refractivity contribution in [1.29, 1.82) is 0 Å². The maximum atomic E-state index is 12.2. The third-order valence-corrected chi connectivity index (χ3v) is 4.68. The summed E-state index contributed by atoms with van der Waals surface area (Å²) in [6.07, 6.45) is 3.06. The van der Waals surface area contributed by atoms with Crippen LogP contribution in [0.3, 0.4) is 0 Å². The second kappa shape index (κ2) is 4.36. The van der Waals surface area contributed by atoms with Crippen LogP contribution in [0.2, 0.25) is 0 Å². The van der Waals surface area contributed by atoms with Gasteiger partial charge >= 0.3 is 11.9 Å². The van der Waals surface area contributed by atoms with Gasteiger partial charge in [-0.15, -0.1) is 0 Å². The summed E-state index contributed by atoms with van der Waals surface area (Å²) in [5.41, 5.74) is -0.485. The van der Waals surface area contributed by atoms with E-state index in [0.717, 1.165) is 0 Å². The van der Waals surface area contributed by atoms with Crippen LogP contribution >= 0.6 is 0 Å². The van der Waals surface area contributed by atoms with Crippen LogP contribution in [-0.2, 0) is 19.1 Å². The van der Waals surface area contributed by atoms with Gasteiger partial charge in [0.05, 0.1) is 7.11 Å². The zero-order valence-corrected chi connectivity index (χ0v) is 12.3. The van der Waals surface area contributed by atoms with E-state index in [4.69, 9.17) is 9.47 Å². The normalized spacial score (nSPS) is 40.6. The van der Waals surface area contributed by atoms with E-state index in [1.165, 1.54) is 12.7 Å². The number of methoxy groups -OCH3 is 1. The van der Waals surface area contributed by atoms with Gasteiger partial charge in [-0.2, -0.15) is 0 Å². The predicted octanol–water partition coefficient (Wildman–Crippen LogP) is 2.47. The van der Waals surface area contributed by atoms with E-state index in [0.29, 0.717) is 12.8 Å². The lowest BCUT2D eigenvalue weighted by Crippen LogP contribution is -2.47. The highest BCUT2D eigenvalue weighted by Crippen LogP contribution is 2.56. The van der Waals surface area contributed by atoms with E-state index >= 15 is 0 Å². The Hall–Kier alpha value is -1.32. The smallest absolute Gasteiger partial charge is 0.324 e. The maximum Gasteiger partial charge on any atom is 0.324 e. The molecule has 1 aliphatic heterocycles. The molecule has 1 aliphatic carbocycles. The highest BCUT2D eigenvalue weighted by Gasteiger charge is 2.66. The molecule has 1 heterocycles. The Bertz CT molecular complexity index is 449. The van der Waals surface area contributed by atoms with Crippen molar-refractivity contribution in [2.24, 2.45) is 17.3 Å². The van der Waals surface area contributed by atoms with Crippen LogP contribution < -0.4 is 0 Å². The monoisotopic (exact) mass is 266 g/mol. The van der Waals surface area contributed by atoms with Crippen molar-refractivity contribution in [2.45, 2.75) is 46.1 Å². The Morgan fingerprint density at radius 3 is 2.63 bits per heavy atom. The topological polar surface area (TPSA) is 52.6 Å². The van der Waals surface area contributed by atoms with Gasteiger partial charge in [0.15, 0.2) is 5.41 Å². The molecule has 0 aromatic rings. The molecule has 2 rings (SSSR count). The van der Waals surface area contributed by atoms with Gasteiger partial charge in [0.2, 0.25) is 0 Å². The quantitative estimate of drug-likeness (QED) is 0.438. The first kappa shape index (κ1) is 14.1. The minimum absolute atomic E-state index is 0.161. The van der Waals surface area contributed by atoms with Crippen molar-refractivity contribution in [3.63, 3.8) is 0 Å². The molecule has 2 aliphatic rings. The van der Waals surface area contributed by atoms with Crippen molar-refractivity contribution < 1.29 is 19.1 Å². The van der Waals surface area contributed by atoms with Crippen LogP contribution in [0.4, 0.5) is 0 Å². The summed E-state index contributed by atoms with van der Waals surface area (Å²) < 4.78 is 10.4. The SMILES string of the molecule is COC(=O)[C@@]12C[C@@H](C=C(C)C)[C@@H](C)[C@@](C)(C1)OC2=O. The van der Waals surface area contributed by atoms with Gasteiger partial charge in [0.25, 0.3) is 0 Å². The van der Waals surface area contributed by atoms with Crippen LogP contribution in [0.15, 0.2) is 11.6 Å². The highest BCUT2D eigenvalue weighted by atomic mass is 16.6. The largest absolute Gasteiger partial charge is 0.468 e. The van der Waals surface area contributed by atoms with Crippen LogP contribution in [0, 0.1) is 17.3 Å². The van der Waals surface area contributed by atoms with Crippen LogP contribution in [0.1, 0.15) is 40.5 Å². The molecule has 4 nitrogen and oxygen atoms in total. The van der Waals surface area contributed by atoms with E-state index in [1.807, 2.05) is 20.8 Å². The number of hydrogen-bond acceptors (Lipinski definition) is 4. The Morgan fingerprint density at radius 2 is 2.11 bits per heavy atom. The van der Waals surface area contributed by atoms with Crippen molar-refractivity contribution in [3.05, 3.63) is 11.6 Å². The molecule has 2 fully saturated rings. The van der Waals surface area contributed by atoms with E-state index in [-0.39, 0.29) is 11.8 Å². The molecule has 0 amide bonds. The number of ether oxygens (including phenoxy) is 2. The number of carbonyl (C=O) groups is 2. The van der Waals surface area contributed by atoms with Gasteiger partial charge < -0.3 is 9.47 Å². The predicted molar refractivity (Wildman–Crippen MR) is 70.3 cm³/mol. The fourth-order valence-corrected chi connectivity index (χ4v) is 3.52. The lowest BCUT2D eigenvalue weighted by Gasteiger charge is -2.40. The minimum Gasteiger partial charge on any atom is -0.468 e. The summed E-state index contributed by atoms with van der Waals surface area (Å²) in [7, 11) is 1.33. The Kier molecular flexibility index (Phi) is 3.23. The van der Waals surface area contributed by atoms with Crippen LogP contribution in [0.25, 0.3) is 0 Å². The average molecular weight is 266 g/mol. The first-order valence-electron chi connectivity index (χ1n) is 6.72. The summed E-state index contributed by atoms with van der Waals surface area (Å²) in [4.78, 5) is 24.3. The molecule has 0 unspecified atom stereocenters. The van der Waals surface area contributed by atoms with Crippen molar-refractivity contribution in [3.8, 4) is 0 Å². The first-order valence-corrected chi connectivity index (χ1v) is 6.72. The van der Waals surface area contributed by atoms with Gasteiger partial charge in [-0.05, 0) is 33.1 Å². The molecule has 2 bridgehead atoms. The highest BCUT2D eigenvalue weighted by molar-refractivity contribution is 6.02. The molecule has 1 saturated heterocycles. The molecule has 4 heteroatoms. The number of carbonyl (C=O) groups excluding carboxylic acids is 2. The van der Waals surface area contributed by atoms with Gasteiger partial charge in [0.1, 0.15) is 5.60 Å². The summed E-state index contributed by atoms with van der Waals surface area (Å²) >= 11 is 0. The van der Waals surface area contributed by atoms with E-state index in [9.17, 15) is 9.59 Å². The number of esters is 2. The fourth-order valence-electron chi connectivity index (χ4n) is 3.52. The molecule has 106 valence electrons. The van der Waals surface area contributed by atoms with Crippen molar-refractivity contribution in [2.75, 3.05) is 7.11 Å². The molecule has 0 N–H and O–H groups in total. The molecular weight excluding hydrogens is 244 g/mol. The zero-order chi connectivity index (χ0) is 14.4. The van der Waals surface area contributed by atoms with Gasteiger partial charge in [-0.3, -0.25) is 9.59 Å². The molecular formula is C15H22O4. The summed E-state index contributed by atoms with van der Waals surface area (Å²) in [5.74, 6) is -0.514. The second-order valence-corrected chi connectivity index (χ2v) is 6.35. The lowest BCUT2D eigenvalue weighted by molar-refractivity contribution is -0.163. The third kappa shape index (κ3) is 1.97.